The number of aryl methyl sites for hydroxylation is 2. The molecule has 1 amide bonds. The van der Waals surface area contributed by atoms with Crippen LogP contribution in [0.5, 0.6) is 0 Å². The van der Waals surface area contributed by atoms with Crippen molar-refractivity contribution in [2.75, 3.05) is 5.32 Å². The van der Waals surface area contributed by atoms with Crippen LogP contribution in [-0.4, -0.2) is 22.0 Å². The summed E-state index contributed by atoms with van der Waals surface area (Å²) in [6, 6.07) is 10.9. The van der Waals surface area contributed by atoms with Crippen molar-refractivity contribution in [3.8, 4) is 0 Å². The standard InChI is InChI=1S/C16H16N2O3/c1-11-2-4-12(5-3-11)6-7-15(19)18-13-8-9-17-14(10-13)16(20)21/h2-5,8-10H,6-7H2,1H3,(H,20,21)(H,17,18,19). The summed E-state index contributed by atoms with van der Waals surface area (Å²) in [6.07, 6.45) is 2.34. The van der Waals surface area contributed by atoms with E-state index in [2.05, 4.69) is 10.3 Å². The van der Waals surface area contributed by atoms with E-state index in [9.17, 15) is 9.59 Å². The first-order chi connectivity index (χ1) is 10.0. The number of nitrogens with one attached hydrogen (secondary N) is 1. The monoisotopic (exact) mass is 284 g/mol. The number of aromatic nitrogens is 1. The summed E-state index contributed by atoms with van der Waals surface area (Å²) in [5.74, 6) is -1.27. The van der Waals surface area contributed by atoms with Gasteiger partial charge in [0.05, 0.1) is 0 Å². The Morgan fingerprint density at radius 2 is 1.90 bits per heavy atom. The number of pyridine rings is 1. The fraction of sp³-hybridized carbons (Fsp3) is 0.188. The molecular formula is C16H16N2O3. The third-order valence-electron chi connectivity index (χ3n) is 3.02. The molecule has 1 aromatic carbocycles. The van der Waals surface area contributed by atoms with Crippen molar-refractivity contribution in [3.63, 3.8) is 0 Å². The van der Waals surface area contributed by atoms with Crippen molar-refractivity contribution in [3.05, 3.63) is 59.4 Å². The summed E-state index contributed by atoms with van der Waals surface area (Å²) < 4.78 is 0. The van der Waals surface area contributed by atoms with E-state index in [4.69, 9.17) is 5.11 Å². The fourth-order valence-electron chi connectivity index (χ4n) is 1.86. The Labute approximate surface area is 122 Å². The molecule has 0 saturated carbocycles. The normalized spacial score (nSPS) is 10.1. The van der Waals surface area contributed by atoms with Gasteiger partial charge in [-0.15, -0.1) is 0 Å². The Bertz CT molecular complexity index is 651. The van der Waals surface area contributed by atoms with Crippen LogP contribution < -0.4 is 5.32 Å². The number of carbonyl (C=O) groups excluding carboxylic acids is 1. The lowest BCUT2D eigenvalue weighted by atomic mass is 10.1. The molecule has 0 aliphatic rings. The van der Waals surface area contributed by atoms with Crippen LogP contribution >= 0.6 is 0 Å². The van der Waals surface area contributed by atoms with Crippen LogP contribution in [0.15, 0.2) is 42.6 Å². The summed E-state index contributed by atoms with van der Waals surface area (Å²) in [5.41, 5.74) is 2.63. The van der Waals surface area contributed by atoms with Crippen LogP contribution in [0.25, 0.3) is 0 Å². The summed E-state index contributed by atoms with van der Waals surface area (Å²) in [4.78, 5) is 26.4. The maximum atomic E-state index is 11.9. The number of hydrogen-bond donors (Lipinski definition) is 2. The van der Waals surface area contributed by atoms with Gasteiger partial charge in [0.25, 0.3) is 0 Å². The van der Waals surface area contributed by atoms with Gasteiger partial charge in [0.1, 0.15) is 5.69 Å². The van der Waals surface area contributed by atoms with Crippen molar-refractivity contribution in [1.82, 2.24) is 4.98 Å². The average Bonchev–Trinajstić information content (AvgIpc) is 2.47. The maximum absolute atomic E-state index is 11.9. The Hall–Kier alpha value is -2.69. The van der Waals surface area contributed by atoms with E-state index in [1.807, 2.05) is 31.2 Å². The van der Waals surface area contributed by atoms with Crippen LogP contribution in [0.1, 0.15) is 28.0 Å². The predicted molar refractivity (Wildman–Crippen MR) is 79.3 cm³/mol. The molecule has 0 atom stereocenters. The molecule has 2 aromatic rings. The second kappa shape index (κ2) is 6.65. The number of anilines is 1. The van der Waals surface area contributed by atoms with Gasteiger partial charge in [0, 0.05) is 18.3 Å². The van der Waals surface area contributed by atoms with E-state index in [1.165, 1.54) is 17.8 Å². The third kappa shape index (κ3) is 4.42. The van der Waals surface area contributed by atoms with E-state index < -0.39 is 5.97 Å². The molecule has 0 aliphatic carbocycles. The number of nitrogens with zero attached hydrogens (tertiary/aromatic N) is 1. The average molecular weight is 284 g/mol. The SMILES string of the molecule is Cc1ccc(CCC(=O)Nc2ccnc(C(=O)O)c2)cc1. The molecule has 2 N–H and O–H groups in total. The largest absolute Gasteiger partial charge is 0.477 e. The first-order valence-electron chi connectivity index (χ1n) is 6.59. The first kappa shape index (κ1) is 14.7. The second-order valence-corrected chi connectivity index (χ2v) is 4.77. The highest BCUT2D eigenvalue weighted by atomic mass is 16.4. The molecule has 5 heteroatoms. The highest BCUT2D eigenvalue weighted by Crippen LogP contribution is 2.10. The number of aromatic carboxylic acids is 1. The minimum absolute atomic E-state index is 0.0914. The van der Waals surface area contributed by atoms with E-state index in [0.717, 1.165) is 5.56 Å². The van der Waals surface area contributed by atoms with Crippen LogP contribution in [-0.2, 0) is 11.2 Å². The zero-order valence-electron chi connectivity index (χ0n) is 11.7. The van der Waals surface area contributed by atoms with Crippen LogP contribution in [0.4, 0.5) is 5.69 Å². The number of carbonyl (C=O) groups is 2. The number of carboxylic acids is 1. The lowest BCUT2D eigenvalue weighted by molar-refractivity contribution is -0.116. The summed E-state index contributed by atoms with van der Waals surface area (Å²) >= 11 is 0. The molecule has 108 valence electrons. The van der Waals surface area contributed by atoms with Gasteiger partial charge < -0.3 is 10.4 Å². The molecule has 2 rings (SSSR count). The Morgan fingerprint density at radius 3 is 2.57 bits per heavy atom. The highest BCUT2D eigenvalue weighted by molar-refractivity contribution is 5.92. The van der Waals surface area contributed by atoms with E-state index in [0.29, 0.717) is 18.5 Å². The van der Waals surface area contributed by atoms with Gasteiger partial charge in [-0.2, -0.15) is 0 Å². The fourth-order valence-corrected chi connectivity index (χ4v) is 1.86. The van der Waals surface area contributed by atoms with Crippen molar-refractivity contribution < 1.29 is 14.7 Å². The minimum atomic E-state index is -1.12. The summed E-state index contributed by atoms with van der Waals surface area (Å²) in [6.45, 7) is 2.01. The summed E-state index contributed by atoms with van der Waals surface area (Å²) in [5, 5.41) is 11.5. The molecule has 5 nitrogen and oxygen atoms in total. The molecule has 0 aliphatic heterocycles. The van der Waals surface area contributed by atoms with Crippen LogP contribution in [0.3, 0.4) is 0 Å². The highest BCUT2D eigenvalue weighted by Gasteiger charge is 2.07. The van der Waals surface area contributed by atoms with Gasteiger partial charge in [0.15, 0.2) is 0 Å². The zero-order chi connectivity index (χ0) is 15.2. The zero-order valence-corrected chi connectivity index (χ0v) is 11.7. The molecule has 0 saturated heterocycles. The number of rotatable bonds is 5. The van der Waals surface area contributed by atoms with Crippen molar-refractivity contribution >= 4 is 17.6 Å². The van der Waals surface area contributed by atoms with E-state index in [1.54, 1.807) is 6.07 Å². The first-order valence-corrected chi connectivity index (χ1v) is 6.59. The number of carboxylic acid groups (broad SMARTS) is 1. The molecule has 21 heavy (non-hydrogen) atoms. The van der Waals surface area contributed by atoms with E-state index in [-0.39, 0.29) is 11.6 Å². The van der Waals surface area contributed by atoms with E-state index >= 15 is 0 Å². The lowest BCUT2D eigenvalue weighted by Gasteiger charge is -2.06. The molecule has 0 fully saturated rings. The van der Waals surface area contributed by atoms with Gasteiger partial charge in [-0.3, -0.25) is 4.79 Å². The topological polar surface area (TPSA) is 79.3 Å². The molecular weight excluding hydrogens is 268 g/mol. The number of benzene rings is 1. The Balaban J connectivity index is 1.91. The van der Waals surface area contributed by atoms with Gasteiger partial charge in [0.2, 0.25) is 5.91 Å². The van der Waals surface area contributed by atoms with Gasteiger partial charge in [-0.25, -0.2) is 9.78 Å². The molecule has 1 heterocycles. The smallest absolute Gasteiger partial charge is 0.354 e. The molecule has 0 bridgehead atoms. The third-order valence-corrected chi connectivity index (χ3v) is 3.02. The van der Waals surface area contributed by atoms with Crippen molar-refractivity contribution in [1.29, 1.82) is 0 Å². The quantitative estimate of drug-likeness (QED) is 0.884. The lowest BCUT2D eigenvalue weighted by Crippen LogP contribution is -2.13. The molecule has 1 aromatic heterocycles. The van der Waals surface area contributed by atoms with Gasteiger partial charge >= 0.3 is 5.97 Å². The molecule has 0 spiro atoms. The van der Waals surface area contributed by atoms with Crippen LogP contribution in [0.2, 0.25) is 0 Å². The molecule has 0 unspecified atom stereocenters. The summed E-state index contributed by atoms with van der Waals surface area (Å²) in [7, 11) is 0. The van der Waals surface area contributed by atoms with Crippen LogP contribution in [0, 0.1) is 6.92 Å². The number of hydrogen-bond acceptors (Lipinski definition) is 3. The van der Waals surface area contributed by atoms with Gasteiger partial charge in [-0.05, 0) is 31.0 Å². The Morgan fingerprint density at radius 1 is 1.19 bits per heavy atom. The van der Waals surface area contributed by atoms with Gasteiger partial charge in [-0.1, -0.05) is 29.8 Å². The maximum Gasteiger partial charge on any atom is 0.354 e. The van der Waals surface area contributed by atoms with Crippen molar-refractivity contribution in [2.45, 2.75) is 19.8 Å². The van der Waals surface area contributed by atoms with Crippen molar-refractivity contribution in [2.24, 2.45) is 0 Å². The molecule has 0 radical (unpaired) electrons. The predicted octanol–water partition coefficient (Wildman–Crippen LogP) is 2.66. The second-order valence-electron chi connectivity index (χ2n) is 4.77. The minimum Gasteiger partial charge on any atom is -0.477 e. The Kier molecular flexibility index (Phi) is 4.66. The number of amides is 1.